The van der Waals surface area contributed by atoms with Crippen molar-refractivity contribution in [2.75, 3.05) is 0 Å². The molecule has 4 nitrogen and oxygen atoms in total. The quantitative estimate of drug-likeness (QED) is 0.150. The van der Waals surface area contributed by atoms with Crippen LogP contribution >= 0.6 is 7.14 Å². The van der Waals surface area contributed by atoms with E-state index in [-0.39, 0.29) is 60.1 Å². The van der Waals surface area contributed by atoms with Crippen LogP contribution in [0.4, 0.5) is 26.3 Å². The highest BCUT2D eigenvalue weighted by Crippen LogP contribution is 2.70. The third-order valence-electron chi connectivity index (χ3n) is 8.32. The third kappa shape index (κ3) is 5.28. The summed E-state index contributed by atoms with van der Waals surface area (Å²) in [7, 11) is -5.66. The van der Waals surface area contributed by atoms with Crippen molar-refractivity contribution >= 4 is 24.0 Å². The van der Waals surface area contributed by atoms with Gasteiger partial charge in [0.1, 0.15) is 5.16 Å². The minimum Gasteiger partial charge on any atom is -0.306 e. The van der Waals surface area contributed by atoms with E-state index in [1.807, 2.05) is 0 Å². The summed E-state index contributed by atoms with van der Waals surface area (Å²) in [6.45, 7) is 6.05. The summed E-state index contributed by atoms with van der Waals surface area (Å²) in [6, 6.07) is 10.3. The average Bonchev–Trinajstić information content (AvgIpc) is 3.42. The van der Waals surface area contributed by atoms with Crippen LogP contribution < -0.4 is 0 Å². The zero-order valence-corrected chi connectivity index (χ0v) is 24.8. The summed E-state index contributed by atoms with van der Waals surface area (Å²) in [5, 5.41) is -2.35. The minimum absolute atomic E-state index is 0.0341. The Hall–Kier alpha value is -3.52. The highest BCUT2D eigenvalue weighted by atomic mass is 31.2. The van der Waals surface area contributed by atoms with Crippen molar-refractivity contribution in [1.82, 2.24) is 0 Å². The maximum Gasteiger partial charge on any atom is 0.417 e. The maximum atomic E-state index is 15.6. The molecule has 1 aliphatic carbocycles. The van der Waals surface area contributed by atoms with Crippen LogP contribution in [0.15, 0.2) is 54.6 Å². The molecule has 0 aliphatic heterocycles. The Morgan fingerprint density at radius 3 is 1.35 bits per heavy atom. The second-order valence-corrected chi connectivity index (χ2v) is 13.9. The van der Waals surface area contributed by atoms with E-state index in [1.165, 1.54) is 26.0 Å². The molecule has 0 radical (unpaired) electrons. The van der Waals surface area contributed by atoms with E-state index in [4.69, 9.17) is 0 Å². The molecule has 0 aromatic heterocycles. The van der Waals surface area contributed by atoms with E-state index in [0.717, 1.165) is 0 Å². The molecular weight excluding hydrogens is 593 g/mol. The number of benzene rings is 3. The van der Waals surface area contributed by atoms with E-state index in [2.05, 4.69) is 0 Å². The Labute approximate surface area is 244 Å². The molecule has 0 N–H and O–H groups in total. The van der Waals surface area contributed by atoms with Crippen molar-refractivity contribution < 1.29 is 45.3 Å². The maximum absolute atomic E-state index is 15.6. The Kier molecular flexibility index (Phi) is 8.44. The number of halogens is 6. The van der Waals surface area contributed by atoms with Gasteiger partial charge in [0.05, 0.1) is 16.7 Å². The third-order valence-corrected chi connectivity index (χ3v) is 11.8. The van der Waals surface area contributed by atoms with Crippen LogP contribution in [-0.4, -0.2) is 22.0 Å². The fourth-order valence-corrected chi connectivity index (χ4v) is 9.78. The monoisotopic (exact) mass is 622 g/mol. The Balaban J connectivity index is 2.17. The number of hydrogen-bond donors (Lipinski definition) is 0. The lowest BCUT2D eigenvalue weighted by molar-refractivity contribution is -0.143. The number of carbonyl (C=O) groups excluding carboxylic acids is 3. The molecule has 43 heavy (non-hydrogen) atoms. The van der Waals surface area contributed by atoms with Gasteiger partial charge in [0, 0.05) is 11.1 Å². The molecule has 1 atom stereocenters. The van der Waals surface area contributed by atoms with Gasteiger partial charge in [-0.2, -0.15) is 26.3 Å². The van der Waals surface area contributed by atoms with Crippen molar-refractivity contribution in [2.45, 2.75) is 70.9 Å². The van der Waals surface area contributed by atoms with E-state index in [9.17, 15) is 40.7 Å². The first-order valence-electron chi connectivity index (χ1n) is 13.5. The first kappa shape index (κ1) is 32.4. The molecule has 1 saturated carbocycles. The predicted octanol–water partition coefficient (Wildman–Crippen LogP) is 9.50. The summed E-state index contributed by atoms with van der Waals surface area (Å²) in [6.07, 6.45) is -11.2. The summed E-state index contributed by atoms with van der Waals surface area (Å²) in [5.41, 5.74) is -8.39. The van der Waals surface area contributed by atoms with E-state index < -0.39 is 58.2 Å². The lowest BCUT2D eigenvalue weighted by atomic mass is 9.89. The normalized spacial score (nSPS) is 16.5. The minimum atomic E-state index is -5.66. The first-order chi connectivity index (χ1) is 19.9. The molecule has 0 heterocycles. The van der Waals surface area contributed by atoms with E-state index in [0.29, 0.717) is 17.2 Å². The van der Waals surface area contributed by atoms with Gasteiger partial charge in [0.25, 0.3) is 0 Å². The number of ketones is 1. The predicted molar refractivity (Wildman–Crippen MR) is 150 cm³/mol. The van der Waals surface area contributed by atoms with Crippen molar-refractivity contribution in [2.24, 2.45) is 0 Å². The molecule has 1 fully saturated rings. The smallest absolute Gasteiger partial charge is 0.306 e. The second kappa shape index (κ2) is 11.2. The van der Waals surface area contributed by atoms with Crippen LogP contribution in [0.1, 0.15) is 90.1 Å². The molecule has 228 valence electrons. The van der Waals surface area contributed by atoms with Crippen LogP contribution in [0.5, 0.6) is 0 Å². The number of hydrogen-bond acceptors (Lipinski definition) is 4. The molecule has 3 aromatic rings. The molecule has 1 aliphatic rings. The standard InChI is InChI=1S/C32H29F6O4P/c1-18-10-7-11-19(2)24(18)27(39)30(16-5-6-17-30)43(42,28(40)25-20(3)12-8-13-21(25)4)29(41)26-22(31(33,34)35)14-9-15-23(26)32(36,37)38/h7-15H,5-6,16-17H2,1-4H3. The Bertz CT molecular complexity index is 1610. The highest BCUT2D eigenvalue weighted by Gasteiger charge is 2.64. The van der Waals surface area contributed by atoms with Crippen LogP contribution in [0.2, 0.25) is 0 Å². The summed E-state index contributed by atoms with van der Waals surface area (Å²) in [4.78, 5) is 43.6. The zero-order chi connectivity index (χ0) is 32.1. The molecule has 1 unspecified atom stereocenters. The molecule has 4 rings (SSSR count). The summed E-state index contributed by atoms with van der Waals surface area (Å²) < 4.78 is 101. The number of Topliss-reactive ketones (excluding diaryl/α,β-unsaturated/α-hetero) is 1. The highest BCUT2D eigenvalue weighted by molar-refractivity contribution is 7.97. The van der Waals surface area contributed by atoms with Crippen LogP contribution in [0.25, 0.3) is 0 Å². The Morgan fingerprint density at radius 1 is 0.605 bits per heavy atom. The van der Waals surface area contributed by atoms with Crippen molar-refractivity contribution in [1.29, 1.82) is 0 Å². The molecule has 3 aromatic carbocycles. The summed E-state index contributed by atoms with van der Waals surface area (Å²) in [5.74, 6) is -0.894. The van der Waals surface area contributed by atoms with Crippen LogP contribution in [0, 0.1) is 27.7 Å². The fraction of sp³-hybridized carbons (Fsp3) is 0.344. The molecule has 0 saturated heterocycles. The van der Waals surface area contributed by atoms with Gasteiger partial charge < -0.3 is 4.57 Å². The number of rotatable bonds is 7. The van der Waals surface area contributed by atoms with Crippen LogP contribution in [-0.2, 0) is 16.9 Å². The van der Waals surface area contributed by atoms with Crippen molar-refractivity contribution in [3.05, 3.63) is 105 Å². The number of carbonyl (C=O) groups is 3. The van der Waals surface area contributed by atoms with Gasteiger partial charge in [-0.05, 0) is 74.9 Å². The largest absolute Gasteiger partial charge is 0.417 e. The molecule has 0 bridgehead atoms. The van der Waals surface area contributed by atoms with Gasteiger partial charge in [0.15, 0.2) is 5.78 Å². The summed E-state index contributed by atoms with van der Waals surface area (Å²) >= 11 is 0. The molecular formula is C32H29F6O4P. The van der Waals surface area contributed by atoms with Crippen LogP contribution in [0.3, 0.4) is 0 Å². The van der Waals surface area contributed by atoms with Gasteiger partial charge in [0.2, 0.25) is 18.2 Å². The molecule has 0 amide bonds. The fourth-order valence-electron chi connectivity index (χ4n) is 6.25. The lowest BCUT2D eigenvalue weighted by Crippen LogP contribution is -2.42. The van der Waals surface area contributed by atoms with Gasteiger partial charge in [-0.1, -0.05) is 55.3 Å². The molecule has 0 spiro atoms. The first-order valence-corrected chi connectivity index (χ1v) is 15.2. The molecule has 11 heteroatoms. The van der Waals surface area contributed by atoms with Crippen molar-refractivity contribution in [3.63, 3.8) is 0 Å². The van der Waals surface area contributed by atoms with E-state index in [1.54, 1.807) is 38.1 Å². The Morgan fingerprint density at radius 2 is 0.953 bits per heavy atom. The van der Waals surface area contributed by atoms with Crippen molar-refractivity contribution in [3.8, 4) is 0 Å². The second-order valence-electron chi connectivity index (χ2n) is 11.0. The van der Waals surface area contributed by atoms with Gasteiger partial charge in [-0.3, -0.25) is 14.4 Å². The zero-order valence-electron chi connectivity index (χ0n) is 23.9. The van der Waals surface area contributed by atoms with Gasteiger partial charge in [-0.25, -0.2) is 0 Å². The topological polar surface area (TPSA) is 68.3 Å². The average molecular weight is 623 g/mol. The number of aryl methyl sites for hydroxylation is 4. The van der Waals surface area contributed by atoms with E-state index >= 15 is 4.57 Å². The number of alkyl halides is 6. The van der Waals surface area contributed by atoms with Gasteiger partial charge >= 0.3 is 12.4 Å². The van der Waals surface area contributed by atoms with Gasteiger partial charge in [-0.15, -0.1) is 0 Å². The SMILES string of the molecule is Cc1cccc(C)c1C(=O)C1(P(=O)(C(=O)c2c(C)cccc2C)C(=O)c2c(C(F)(F)F)cccc2C(F)(F)F)CCCC1. The lowest BCUT2D eigenvalue weighted by Gasteiger charge is -2.36.